The Labute approximate surface area is 350 Å². The van der Waals surface area contributed by atoms with Gasteiger partial charge in [0.15, 0.2) is 6.29 Å². The Bertz CT molecular complexity index is 936. The molecular weight excluding hydrogens is 740 g/mol. The first-order valence-electron chi connectivity index (χ1n) is 10.3. The summed E-state index contributed by atoms with van der Waals surface area (Å²) >= 11 is 0. The van der Waals surface area contributed by atoms with Gasteiger partial charge in [-0.1, -0.05) is 26.7 Å². The quantitative estimate of drug-likeness (QED) is 0.0803. The summed E-state index contributed by atoms with van der Waals surface area (Å²) in [6, 6.07) is 0. The first-order chi connectivity index (χ1) is 17.5. The van der Waals surface area contributed by atoms with Crippen molar-refractivity contribution in [2.75, 3.05) is 13.2 Å². The van der Waals surface area contributed by atoms with Crippen LogP contribution in [0.3, 0.4) is 0 Å². The van der Waals surface area contributed by atoms with Gasteiger partial charge >= 0.3 is 160 Å². The third kappa shape index (κ3) is 67.4. The largest absolute Gasteiger partial charge is 1.00 e. The van der Waals surface area contributed by atoms with E-state index in [9.17, 15) is 15.3 Å². The molecule has 1 aliphatic heterocycles. The molecule has 1 rings (SSSR count). The molecule has 0 aliphatic carbocycles. The van der Waals surface area contributed by atoms with Gasteiger partial charge in [-0.25, -0.2) is 0 Å². The van der Waals surface area contributed by atoms with Crippen molar-refractivity contribution < 1.29 is 224 Å². The van der Waals surface area contributed by atoms with Crippen molar-refractivity contribution in [1.82, 2.24) is 0 Å². The fourth-order valence-corrected chi connectivity index (χ4v) is 2.63. The summed E-state index contributed by atoms with van der Waals surface area (Å²) in [5, 5.41) is 38.5. The van der Waals surface area contributed by atoms with Crippen LogP contribution >= 0.6 is 0 Å². The molecule has 22 nitrogen and oxygen atoms in total. The Morgan fingerprint density at radius 3 is 1.14 bits per heavy atom. The third-order valence-electron chi connectivity index (χ3n) is 3.76. The van der Waals surface area contributed by atoms with Crippen molar-refractivity contribution in [1.29, 1.82) is 0 Å². The molecule has 0 aromatic carbocycles. The van der Waals surface area contributed by atoms with Crippen LogP contribution in [0.2, 0.25) is 0 Å². The zero-order chi connectivity index (χ0) is 33.1. The van der Waals surface area contributed by atoms with E-state index in [0.29, 0.717) is 12.5 Å². The number of rotatable bonds is 8. The maximum Gasteiger partial charge on any atom is 1.00 e. The van der Waals surface area contributed by atoms with E-state index in [1.165, 1.54) is 0 Å². The molecule has 1 saturated heterocycles. The average molecular weight is 781 g/mol. The normalized spacial score (nSPS) is 21.0. The van der Waals surface area contributed by atoms with Crippen LogP contribution in [0, 0.1) is 5.92 Å². The summed E-state index contributed by atoms with van der Waals surface area (Å²) in [7, 11) is -18.7. The number of ether oxygens (including phenoxy) is 2. The molecule has 12 N–H and O–H groups in total. The Morgan fingerprint density at radius 2 is 0.909 bits per heavy atom. The summed E-state index contributed by atoms with van der Waals surface area (Å²) in [6.45, 7) is 4.16. The van der Waals surface area contributed by atoms with E-state index < -0.39 is 78.9 Å². The number of hydrogen-bond donors (Lipinski definition) is 12. The second-order valence-electron chi connectivity index (χ2n) is 7.26. The zero-order valence-electron chi connectivity index (χ0n) is 28.8. The first kappa shape index (κ1) is 65.6. The molecule has 0 spiro atoms. The SMILES string of the molecule is CCCC(CCC)CO[C@@H]1[C@@H](O)[C@@H](O)[C@@H](CO)O[C@H]1O.O=S(=O)(O)O.O=S(=O)(O)O.O=S(=O)(O)O.O=S(=O)(O)O.[H-].[H-].[H-].[H-].[Na+].[Na+].[Na+].[Na+]. The third-order valence-corrected chi connectivity index (χ3v) is 3.76. The van der Waals surface area contributed by atoms with Crippen molar-refractivity contribution in [3.05, 3.63) is 0 Å². The van der Waals surface area contributed by atoms with E-state index in [1.807, 2.05) is 0 Å². The van der Waals surface area contributed by atoms with Gasteiger partial charge < -0.3 is 35.6 Å². The van der Waals surface area contributed by atoms with Crippen LogP contribution in [-0.2, 0) is 51.1 Å². The minimum absolute atomic E-state index is 0. The molecule has 256 valence electrons. The molecule has 5 atom stereocenters. The van der Waals surface area contributed by atoms with Crippen molar-refractivity contribution in [3.63, 3.8) is 0 Å². The predicted molar refractivity (Wildman–Crippen MR) is 134 cm³/mol. The summed E-state index contributed by atoms with van der Waals surface area (Å²) in [6.07, 6.45) is -1.68. The van der Waals surface area contributed by atoms with E-state index in [4.69, 9.17) is 84.7 Å². The van der Waals surface area contributed by atoms with Crippen LogP contribution in [0.15, 0.2) is 0 Å². The Balaban J connectivity index is -0.0000000391. The zero-order valence-corrected chi connectivity index (χ0v) is 36.1. The number of hydrogen-bond acceptors (Lipinski definition) is 14. The molecule has 0 aromatic heterocycles. The van der Waals surface area contributed by atoms with Crippen LogP contribution in [0.1, 0.15) is 45.2 Å². The summed E-state index contributed by atoms with van der Waals surface area (Å²) in [5.74, 6) is 0.372. The maximum absolute atomic E-state index is 9.96. The maximum atomic E-state index is 9.96. The molecule has 1 fully saturated rings. The molecule has 0 amide bonds. The fraction of sp³-hybridized carbons (Fsp3) is 1.00. The minimum Gasteiger partial charge on any atom is -1.00 e. The second-order valence-corrected chi connectivity index (χ2v) is 10.8. The Hall–Kier alpha value is 3.24. The van der Waals surface area contributed by atoms with Gasteiger partial charge in [0.2, 0.25) is 0 Å². The van der Waals surface area contributed by atoms with Gasteiger partial charge in [-0.2, -0.15) is 33.7 Å². The molecule has 0 aromatic rings. The van der Waals surface area contributed by atoms with Gasteiger partial charge in [0, 0.05) is 0 Å². The molecule has 0 unspecified atom stereocenters. The van der Waals surface area contributed by atoms with Gasteiger partial charge in [-0.3, -0.25) is 36.4 Å². The van der Waals surface area contributed by atoms with Crippen molar-refractivity contribution in [2.24, 2.45) is 5.92 Å². The first-order valence-corrected chi connectivity index (χ1v) is 15.8. The van der Waals surface area contributed by atoms with Crippen LogP contribution < -0.4 is 118 Å². The van der Waals surface area contributed by atoms with Crippen LogP contribution in [0.5, 0.6) is 0 Å². The molecule has 0 saturated carbocycles. The van der Waals surface area contributed by atoms with E-state index in [0.717, 1.165) is 25.7 Å². The number of aliphatic hydroxyl groups is 4. The van der Waals surface area contributed by atoms with Crippen molar-refractivity contribution in [2.45, 2.75) is 70.2 Å². The molecule has 1 heterocycles. The summed E-state index contributed by atoms with van der Waals surface area (Å²) in [5.41, 5.74) is 0. The van der Waals surface area contributed by atoms with E-state index in [1.54, 1.807) is 0 Å². The monoisotopic (exact) mass is 780 g/mol. The summed E-state index contributed by atoms with van der Waals surface area (Å²) in [4.78, 5) is 0. The Morgan fingerprint density at radius 1 is 0.636 bits per heavy atom. The van der Waals surface area contributed by atoms with Gasteiger partial charge in [0.05, 0.1) is 13.2 Å². The topological polar surface area (TPSA) is 398 Å². The second kappa shape index (κ2) is 33.4. The molecular formula is C14H40Na4O22S4. The molecule has 44 heavy (non-hydrogen) atoms. The molecule has 1 aliphatic rings. The van der Waals surface area contributed by atoms with Crippen LogP contribution in [0.25, 0.3) is 0 Å². The molecule has 30 heteroatoms. The fourth-order valence-electron chi connectivity index (χ4n) is 2.63. The van der Waals surface area contributed by atoms with Crippen LogP contribution in [-0.4, -0.2) is 134 Å². The smallest absolute Gasteiger partial charge is 1.00 e. The molecule has 0 radical (unpaired) electrons. The Kier molecular flexibility index (Phi) is 49.8. The average Bonchev–Trinajstić information content (AvgIpc) is 2.66. The number of aliphatic hydroxyl groups excluding tert-OH is 4. The van der Waals surface area contributed by atoms with E-state index >= 15 is 0 Å². The van der Waals surface area contributed by atoms with E-state index in [-0.39, 0.29) is 124 Å². The van der Waals surface area contributed by atoms with Gasteiger partial charge in [-0.05, 0) is 18.8 Å². The predicted octanol–water partition coefficient (Wildman–Crippen LogP) is -14.1. The van der Waals surface area contributed by atoms with Crippen molar-refractivity contribution in [3.8, 4) is 0 Å². The minimum atomic E-state index is -4.67. The van der Waals surface area contributed by atoms with Crippen LogP contribution in [0.4, 0.5) is 0 Å². The van der Waals surface area contributed by atoms with Gasteiger partial charge in [0.1, 0.15) is 24.4 Å². The van der Waals surface area contributed by atoms with Gasteiger partial charge in [-0.15, -0.1) is 0 Å². The van der Waals surface area contributed by atoms with Gasteiger partial charge in [0.25, 0.3) is 0 Å². The standard InChI is InChI=1S/C14H28O6.4Na.4H2O4S.4H/c1-3-5-9(6-4-2)8-19-13-12(17)11(16)10(7-15)20-14(13)18;;;;;4*1-5(2,3)4;;;;/h9-18H,3-8H2,1-2H3;;;;;4*(H2,1,2,3,4);;;;/q;4*+1;;;;;4*-1/t10-,11+,12+,13-,14-;;;;;;;;;;;;/m1............/s1. The molecule has 0 bridgehead atoms. The van der Waals surface area contributed by atoms with Crippen molar-refractivity contribution >= 4 is 41.6 Å². The van der Waals surface area contributed by atoms with E-state index in [2.05, 4.69) is 13.8 Å². The summed E-state index contributed by atoms with van der Waals surface area (Å²) < 4.78 is 137.